The smallest absolute Gasteiger partial charge is 0.273 e. The first-order chi connectivity index (χ1) is 9.95. The molecule has 0 aliphatic rings. The van der Waals surface area contributed by atoms with Crippen molar-refractivity contribution in [3.63, 3.8) is 0 Å². The summed E-state index contributed by atoms with van der Waals surface area (Å²) >= 11 is 0. The normalized spacial score (nSPS) is 14.2. The van der Waals surface area contributed by atoms with Crippen LogP contribution in [0.25, 0.3) is 0 Å². The quantitative estimate of drug-likeness (QED) is 0.684. The molecule has 2 atom stereocenters. The summed E-state index contributed by atoms with van der Waals surface area (Å²) in [7, 11) is 0. The average Bonchev–Trinajstić information content (AvgIpc) is 2.92. The topological polar surface area (TPSA) is 81.2 Å². The maximum atomic E-state index is 12.1. The molecule has 1 amide bonds. The first kappa shape index (κ1) is 17.7. The van der Waals surface area contributed by atoms with E-state index in [1.807, 2.05) is 20.8 Å². The van der Waals surface area contributed by atoms with E-state index >= 15 is 0 Å². The van der Waals surface area contributed by atoms with Crippen LogP contribution in [0, 0.1) is 5.92 Å². The van der Waals surface area contributed by atoms with Crippen LogP contribution in [0.15, 0.2) is 10.7 Å². The fourth-order valence-corrected chi connectivity index (χ4v) is 2.08. The molecule has 0 radical (unpaired) electrons. The van der Waals surface area contributed by atoms with Crippen LogP contribution in [0.5, 0.6) is 0 Å². The molecule has 0 saturated heterocycles. The Kier molecular flexibility index (Phi) is 7.43. The van der Waals surface area contributed by atoms with Crippen LogP contribution in [0.3, 0.4) is 0 Å². The number of nitrogens with zero attached hydrogens (tertiary/aromatic N) is 1. The fraction of sp³-hybridized carbons (Fsp3) is 0.750. The van der Waals surface area contributed by atoms with Crippen molar-refractivity contribution in [2.45, 2.75) is 71.9 Å². The molecule has 21 heavy (non-hydrogen) atoms. The molecule has 0 spiro atoms. The van der Waals surface area contributed by atoms with Gasteiger partial charge in [0.15, 0.2) is 5.69 Å². The van der Waals surface area contributed by atoms with Gasteiger partial charge in [0.05, 0.1) is 6.04 Å². The summed E-state index contributed by atoms with van der Waals surface area (Å²) < 4.78 is 5.31. The highest BCUT2D eigenvalue weighted by molar-refractivity contribution is 5.92. The molecule has 120 valence electrons. The number of hydrogen-bond acceptors (Lipinski definition) is 4. The SMILES string of the molecule is CCCCCCC(C)NC(=O)c1coc(C(N)C(C)C)n1. The monoisotopic (exact) mass is 295 g/mol. The van der Waals surface area contributed by atoms with Gasteiger partial charge in [0, 0.05) is 6.04 Å². The lowest BCUT2D eigenvalue weighted by Crippen LogP contribution is -2.32. The standard InChI is InChI=1S/C16H29N3O2/c1-5-6-7-8-9-12(4)18-15(20)13-10-21-16(19-13)14(17)11(2)3/h10-12,14H,5-9,17H2,1-4H3,(H,18,20). The Morgan fingerprint density at radius 3 is 2.67 bits per heavy atom. The summed E-state index contributed by atoms with van der Waals surface area (Å²) in [5.74, 6) is 0.451. The largest absolute Gasteiger partial charge is 0.446 e. The van der Waals surface area contributed by atoms with Gasteiger partial charge in [-0.15, -0.1) is 0 Å². The maximum Gasteiger partial charge on any atom is 0.273 e. The van der Waals surface area contributed by atoms with Crippen LogP contribution in [0.2, 0.25) is 0 Å². The lowest BCUT2D eigenvalue weighted by molar-refractivity contribution is 0.0932. The van der Waals surface area contributed by atoms with Crippen molar-refractivity contribution in [2.75, 3.05) is 0 Å². The van der Waals surface area contributed by atoms with Gasteiger partial charge in [-0.25, -0.2) is 4.98 Å². The molecule has 1 heterocycles. The highest BCUT2D eigenvalue weighted by Gasteiger charge is 2.20. The zero-order valence-electron chi connectivity index (χ0n) is 13.7. The minimum Gasteiger partial charge on any atom is -0.446 e. The van der Waals surface area contributed by atoms with Crippen molar-refractivity contribution in [1.82, 2.24) is 10.3 Å². The highest BCUT2D eigenvalue weighted by Crippen LogP contribution is 2.18. The number of rotatable bonds is 9. The van der Waals surface area contributed by atoms with E-state index in [-0.39, 0.29) is 23.9 Å². The van der Waals surface area contributed by atoms with E-state index in [2.05, 4.69) is 17.2 Å². The van der Waals surface area contributed by atoms with Gasteiger partial charge in [0.25, 0.3) is 5.91 Å². The Hall–Kier alpha value is -1.36. The lowest BCUT2D eigenvalue weighted by atomic mass is 10.1. The number of hydrogen-bond donors (Lipinski definition) is 2. The number of nitrogens with one attached hydrogen (secondary N) is 1. The minimum atomic E-state index is -0.280. The van der Waals surface area contributed by atoms with E-state index in [1.54, 1.807) is 0 Å². The van der Waals surface area contributed by atoms with E-state index in [9.17, 15) is 4.79 Å². The molecule has 0 bridgehead atoms. The Bertz CT molecular complexity index is 429. The van der Waals surface area contributed by atoms with Crippen LogP contribution in [-0.4, -0.2) is 16.9 Å². The van der Waals surface area contributed by atoms with Gasteiger partial charge >= 0.3 is 0 Å². The van der Waals surface area contributed by atoms with Gasteiger partial charge in [-0.2, -0.15) is 0 Å². The van der Waals surface area contributed by atoms with E-state index in [4.69, 9.17) is 10.2 Å². The second-order valence-electron chi connectivity index (χ2n) is 6.06. The second kappa shape index (κ2) is 8.82. The van der Waals surface area contributed by atoms with Gasteiger partial charge in [-0.3, -0.25) is 4.79 Å². The predicted molar refractivity (Wildman–Crippen MR) is 84.0 cm³/mol. The molecule has 0 fully saturated rings. The minimum absolute atomic E-state index is 0.147. The fourth-order valence-electron chi connectivity index (χ4n) is 2.08. The third kappa shape index (κ3) is 5.87. The van der Waals surface area contributed by atoms with Crippen LogP contribution in [-0.2, 0) is 0 Å². The molecule has 1 rings (SSSR count). The molecule has 0 saturated carbocycles. The predicted octanol–water partition coefficient (Wildman–Crippen LogP) is 3.42. The van der Waals surface area contributed by atoms with Gasteiger partial charge in [-0.1, -0.05) is 46.5 Å². The zero-order chi connectivity index (χ0) is 15.8. The molecule has 5 nitrogen and oxygen atoms in total. The van der Waals surface area contributed by atoms with E-state index in [0.717, 1.165) is 12.8 Å². The molecule has 1 aromatic heterocycles. The number of nitrogens with two attached hydrogens (primary N) is 1. The molecule has 3 N–H and O–H groups in total. The Morgan fingerprint density at radius 2 is 2.05 bits per heavy atom. The first-order valence-electron chi connectivity index (χ1n) is 7.97. The molecular formula is C16H29N3O2. The zero-order valence-corrected chi connectivity index (χ0v) is 13.7. The van der Waals surface area contributed by atoms with Gasteiger partial charge in [0.2, 0.25) is 5.89 Å². The summed E-state index contributed by atoms with van der Waals surface area (Å²) in [6, 6.07) is -0.133. The number of oxazole rings is 1. The third-order valence-corrected chi connectivity index (χ3v) is 3.63. The number of unbranched alkanes of at least 4 members (excludes halogenated alkanes) is 3. The molecule has 1 aromatic rings. The van der Waals surface area contributed by atoms with Gasteiger partial charge in [-0.05, 0) is 19.3 Å². The van der Waals surface area contributed by atoms with Crippen LogP contribution < -0.4 is 11.1 Å². The van der Waals surface area contributed by atoms with Crippen molar-refractivity contribution in [3.8, 4) is 0 Å². The number of aromatic nitrogens is 1. The van der Waals surface area contributed by atoms with E-state index in [1.165, 1.54) is 25.5 Å². The van der Waals surface area contributed by atoms with Crippen molar-refractivity contribution < 1.29 is 9.21 Å². The van der Waals surface area contributed by atoms with Gasteiger partial charge < -0.3 is 15.5 Å². The van der Waals surface area contributed by atoms with Crippen molar-refractivity contribution >= 4 is 5.91 Å². The molecule has 2 unspecified atom stereocenters. The van der Waals surface area contributed by atoms with Crippen LogP contribution in [0.1, 0.15) is 82.2 Å². The lowest BCUT2D eigenvalue weighted by Gasteiger charge is -2.12. The molecule has 0 aliphatic heterocycles. The number of carbonyl (C=O) groups is 1. The maximum absolute atomic E-state index is 12.1. The highest BCUT2D eigenvalue weighted by atomic mass is 16.3. The Morgan fingerprint density at radius 1 is 1.33 bits per heavy atom. The van der Waals surface area contributed by atoms with E-state index in [0.29, 0.717) is 11.6 Å². The Balaban J connectivity index is 2.45. The van der Waals surface area contributed by atoms with Crippen molar-refractivity contribution in [3.05, 3.63) is 17.8 Å². The summed E-state index contributed by atoms with van der Waals surface area (Å²) in [6.07, 6.45) is 7.20. The first-order valence-corrected chi connectivity index (χ1v) is 7.97. The summed E-state index contributed by atoms with van der Waals surface area (Å²) in [5.41, 5.74) is 6.27. The van der Waals surface area contributed by atoms with Crippen LogP contribution in [0.4, 0.5) is 0 Å². The summed E-state index contributed by atoms with van der Waals surface area (Å²) in [5, 5.41) is 2.95. The van der Waals surface area contributed by atoms with Crippen molar-refractivity contribution in [1.29, 1.82) is 0 Å². The molecule has 5 heteroatoms. The summed E-state index contributed by atoms with van der Waals surface area (Å²) in [6.45, 7) is 8.19. The second-order valence-corrected chi connectivity index (χ2v) is 6.06. The van der Waals surface area contributed by atoms with Crippen LogP contribution >= 0.6 is 0 Å². The van der Waals surface area contributed by atoms with Gasteiger partial charge in [0.1, 0.15) is 6.26 Å². The molecule has 0 aliphatic carbocycles. The molecule has 0 aromatic carbocycles. The third-order valence-electron chi connectivity index (χ3n) is 3.63. The molecular weight excluding hydrogens is 266 g/mol. The Labute approximate surface area is 127 Å². The van der Waals surface area contributed by atoms with Crippen molar-refractivity contribution in [2.24, 2.45) is 11.7 Å². The summed E-state index contributed by atoms with van der Waals surface area (Å²) in [4.78, 5) is 16.3. The number of carbonyl (C=O) groups excluding carboxylic acids is 1. The number of amides is 1. The average molecular weight is 295 g/mol. The van der Waals surface area contributed by atoms with E-state index < -0.39 is 0 Å².